The molecule has 2 atom stereocenters. The summed E-state index contributed by atoms with van der Waals surface area (Å²) in [5.74, 6) is -1.23. The van der Waals surface area contributed by atoms with E-state index in [1.165, 1.54) is 7.11 Å². The first-order valence-electron chi connectivity index (χ1n) is 5.90. The molecule has 2 unspecified atom stereocenters. The second-order valence-corrected chi connectivity index (χ2v) is 4.68. The van der Waals surface area contributed by atoms with Crippen LogP contribution in [0.1, 0.15) is 25.5 Å². The molecule has 0 aliphatic carbocycles. The average Bonchev–Trinajstić information content (AvgIpc) is 2.31. The molecule has 4 N–H and O–H groups in total. The maximum absolute atomic E-state index is 13.9. The van der Waals surface area contributed by atoms with Gasteiger partial charge in [0.05, 0.1) is 7.11 Å². The van der Waals surface area contributed by atoms with Gasteiger partial charge in [0, 0.05) is 17.7 Å². The van der Waals surface area contributed by atoms with Crippen LogP contribution in [0.15, 0.2) is 12.1 Å². The van der Waals surface area contributed by atoms with Gasteiger partial charge in [-0.05, 0) is 24.4 Å². The number of nitrogens with two attached hydrogens (primary N) is 2. The molecule has 0 fully saturated rings. The molecule has 0 radical (unpaired) electrons. The number of ether oxygens (including phenoxy) is 1. The monoisotopic (exact) mass is 258 g/mol. The standard InChI is InChI=1S/C13H20F2N2O/c1-7(2)9(6-16)13(17)8-4-11(15)12(18-3)5-10(8)14/h4-5,7,9,13H,6,16-17H2,1-3H3. The topological polar surface area (TPSA) is 61.3 Å². The van der Waals surface area contributed by atoms with E-state index in [-0.39, 0.29) is 23.1 Å². The highest BCUT2D eigenvalue weighted by molar-refractivity contribution is 5.32. The van der Waals surface area contributed by atoms with Crippen LogP contribution in [0.2, 0.25) is 0 Å². The molecule has 0 saturated carbocycles. The van der Waals surface area contributed by atoms with Crippen molar-refractivity contribution in [3.8, 4) is 5.75 Å². The molecule has 18 heavy (non-hydrogen) atoms. The van der Waals surface area contributed by atoms with E-state index in [1.54, 1.807) is 0 Å². The molecule has 0 aliphatic rings. The lowest BCUT2D eigenvalue weighted by atomic mass is 9.85. The van der Waals surface area contributed by atoms with Crippen LogP contribution in [-0.4, -0.2) is 13.7 Å². The van der Waals surface area contributed by atoms with Crippen LogP contribution < -0.4 is 16.2 Å². The molecule has 0 heterocycles. The smallest absolute Gasteiger partial charge is 0.165 e. The van der Waals surface area contributed by atoms with Gasteiger partial charge in [-0.3, -0.25) is 0 Å². The summed E-state index contributed by atoms with van der Waals surface area (Å²) in [6, 6.07) is 1.47. The van der Waals surface area contributed by atoms with Crippen LogP contribution in [0.3, 0.4) is 0 Å². The molecule has 0 aliphatic heterocycles. The highest BCUT2D eigenvalue weighted by Gasteiger charge is 2.25. The molecule has 5 heteroatoms. The molecule has 0 saturated heterocycles. The molecule has 3 nitrogen and oxygen atoms in total. The van der Waals surface area contributed by atoms with Crippen molar-refractivity contribution < 1.29 is 13.5 Å². The van der Waals surface area contributed by atoms with Crippen LogP contribution in [0.4, 0.5) is 8.78 Å². The van der Waals surface area contributed by atoms with Gasteiger partial charge >= 0.3 is 0 Å². The van der Waals surface area contributed by atoms with Gasteiger partial charge in [0.25, 0.3) is 0 Å². The Balaban J connectivity index is 3.13. The molecule has 0 aromatic heterocycles. The molecule has 1 rings (SSSR count). The fraction of sp³-hybridized carbons (Fsp3) is 0.538. The Kier molecular flexibility index (Phi) is 5.04. The Morgan fingerprint density at radius 1 is 1.22 bits per heavy atom. The van der Waals surface area contributed by atoms with Crippen molar-refractivity contribution in [3.63, 3.8) is 0 Å². The number of hydrogen-bond donors (Lipinski definition) is 2. The third kappa shape index (κ3) is 2.97. The number of halogens is 2. The first kappa shape index (κ1) is 14.9. The molecule has 0 amide bonds. The van der Waals surface area contributed by atoms with E-state index in [0.717, 1.165) is 12.1 Å². The zero-order valence-electron chi connectivity index (χ0n) is 10.9. The Morgan fingerprint density at radius 3 is 2.28 bits per heavy atom. The van der Waals surface area contributed by atoms with E-state index >= 15 is 0 Å². The highest BCUT2D eigenvalue weighted by atomic mass is 19.1. The van der Waals surface area contributed by atoms with Crippen LogP contribution in [0, 0.1) is 23.5 Å². The maximum Gasteiger partial charge on any atom is 0.165 e. The SMILES string of the molecule is COc1cc(F)c(C(N)C(CN)C(C)C)cc1F. The fourth-order valence-electron chi connectivity index (χ4n) is 2.02. The number of rotatable bonds is 5. The number of benzene rings is 1. The largest absolute Gasteiger partial charge is 0.494 e. The first-order chi connectivity index (χ1) is 8.42. The first-order valence-corrected chi connectivity index (χ1v) is 5.90. The van der Waals surface area contributed by atoms with Gasteiger partial charge in [-0.2, -0.15) is 0 Å². The summed E-state index contributed by atoms with van der Waals surface area (Å²) in [6.07, 6.45) is 0. The van der Waals surface area contributed by atoms with Crippen LogP contribution >= 0.6 is 0 Å². The summed E-state index contributed by atoms with van der Waals surface area (Å²) < 4.78 is 32.2. The van der Waals surface area contributed by atoms with Gasteiger partial charge in [0.15, 0.2) is 11.6 Å². The summed E-state index contributed by atoms with van der Waals surface area (Å²) >= 11 is 0. The number of hydrogen-bond acceptors (Lipinski definition) is 3. The minimum Gasteiger partial charge on any atom is -0.494 e. The van der Waals surface area contributed by atoms with E-state index in [2.05, 4.69) is 0 Å². The van der Waals surface area contributed by atoms with Crippen molar-refractivity contribution in [2.45, 2.75) is 19.9 Å². The summed E-state index contributed by atoms with van der Waals surface area (Å²) in [7, 11) is 1.29. The van der Waals surface area contributed by atoms with E-state index in [1.807, 2.05) is 13.8 Å². The zero-order chi connectivity index (χ0) is 13.9. The van der Waals surface area contributed by atoms with Crippen LogP contribution in [0.5, 0.6) is 5.75 Å². The van der Waals surface area contributed by atoms with Crippen molar-refractivity contribution in [2.75, 3.05) is 13.7 Å². The predicted molar refractivity (Wildman–Crippen MR) is 67.2 cm³/mol. The second-order valence-electron chi connectivity index (χ2n) is 4.68. The lowest BCUT2D eigenvalue weighted by molar-refractivity contribution is 0.322. The predicted octanol–water partition coefficient (Wildman–Crippen LogP) is 2.20. The molecule has 1 aromatic carbocycles. The minimum atomic E-state index is -0.629. The summed E-state index contributed by atoms with van der Waals surface area (Å²) in [6.45, 7) is 4.23. The van der Waals surface area contributed by atoms with Crippen molar-refractivity contribution in [1.29, 1.82) is 0 Å². The van der Waals surface area contributed by atoms with Crippen molar-refractivity contribution in [2.24, 2.45) is 23.3 Å². The maximum atomic E-state index is 13.9. The van der Waals surface area contributed by atoms with Gasteiger partial charge in [-0.25, -0.2) is 8.78 Å². The second kappa shape index (κ2) is 6.11. The van der Waals surface area contributed by atoms with Gasteiger partial charge < -0.3 is 16.2 Å². The number of methoxy groups -OCH3 is 1. The Labute approximate surface area is 106 Å². The average molecular weight is 258 g/mol. The quantitative estimate of drug-likeness (QED) is 0.851. The summed E-state index contributed by atoms with van der Waals surface area (Å²) in [5, 5.41) is 0. The lowest BCUT2D eigenvalue weighted by Gasteiger charge is -2.26. The van der Waals surface area contributed by atoms with Gasteiger partial charge in [-0.15, -0.1) is 0 Å². The Hall–Kier alpha value is -1.20. The normalized spacial score (nSPS) is 14.7. The molecular weight excluding hydrogens is 238 g/mol. The molecule has 0 spiro atoms. The molecular formula is C13H20F2N2O. The van der Waals surface area contributed by atoms with Gasteiger partial charge in [0.2, 0.25) is 0 Å². The van der Waals surface area contributed by atoms with E-state index < -0.39 is 17.7 Å². The Bertz CT molecular complexity index is 410. The molecule has 0 bridgehead atoms. The van der Waals surface area contributed by atoms with Crippen LogP contribution in [0.25, 0.3) is 0 Å². The van der Waals surface area contributed by atoms with Crippen molar-refractivity contribution in [3.05, 3.63) is 29.3 Å². The zero-order valence-corrected chi connectivity index (χ0v) is 10.9. The summed E-state index contributed by atoms with van der Waals surface area (Å²) in [4.78, 5) is 0. The molecule has 1 aromatic rings. The highest BCUT2D eigenvalue weighted by Crippen LogP contribution is 2.30. The van der Waals surface area contributed by atoms with E-state index in [9.17, 15) is 8.78 Å². The van der Waals surface area contributed by atoms with Gasteiger partial charge in [0.1, 0.15) is 5.82 Å². The third-order valence-corrected chi connectivity index (χ3v) is 3.22. The third-order valence-electron chi connectivity index (χ3n) is 3.22. The van der Waals surface area contributed by atoms with Crippen molar-refractivity contribution in [1.82, 2.24) is 0 Å². The Morgan fingerprint density at radius 2 is 1.83 bits per heavy atom. The minimum absolute atomic E-state index is 0.104. The fourth-order valence-corrected chi connectivity index (χ4v) is 2.02. The van der Waals surface area contributed by atoms with Crippen molar-refractivity contribution >= 4 is 0 Å². The summed E-state index contributed by atoms with van der Waals surface area (Å²) in [5.41, 5.74) is 11.8. The van der Waals surface area contributed by atoms with E-state index in [4.69, 9.17) is 16.2 Å². The molecule has 102 valence electrons. The van der Waals surface area contributed by atoms with Gasteiger partial charge in [-0.1, -0.05) is 13.8 Å². The van der Waals surface area contributed by atoms with Crippen LogP contribution in [-0.2, 0) is 0 Å². The van der Waals surface area contributed by atoms with E-state index in [0.29, 0.717) is 6.54 Å². The lowest BCUT2D eigenvalue weighted by Crippen LogP contribution is -2.32.